The van der Waals surface area contributed by atoms with Gasteiger partial charge in [-0.1, -0.05) is 6.92 Å². The van der Waals surface area contributed by atoms with Crippen molar-refractivity contribution in [3.63, 3.8) is 0 Å². The number of nitriles is 1. The highest BCUT2D eigenvalue weighted by molar-refractivity contribution is 5.80. The number of nitrogens with two attached hydrogens (primary N) is 1. The van der Waals surface area contributed by atoms with Crippen LogP contribution in [-0.2, 0) is 6.54 Å². The van der Waals surface area contributed by atoms with Crippen LogP contribution >= 0.6 is 0 Å². The summed E-state index contributed by atoms with van der Waals surface area (Å²) in [6.45, 7) is 4.92. The molecule has 0 saturated carbocycles. The smallest absolute Gasteiger partial charge is 0.152 e. The van der Waals surface area contributed by atoms with Crippen LogP contribution < -0.4 is 5.73 Å². The summed E-state index contributed by atoms with van der Waals surface area (Å²) in [5.41, 5.74) is 9.56. The van der Waals surface area contributed by atoms with Crippen LogP contribution in [0.3, 0.4) is 0 Å². The first-order valence-corrected chi connectivity index (χ1v) is 7.43. The van der Waals surface area contributed by atoms with E-state index >= 15 is 0 Å². The molecule has 0 fully saturated rings. The molecule has 0 saturated heterocycles. The van der Waals surface area contributed by atoms with Crippen LogP contribution in [0.2, 0.25) is 0 Å². The van der Waals surface area contributed by atoms with Crippen LogP contribution in [0, 0.1) is 18.3 Å². The Labute approximate surface area is 134 Å². The van der Waals surface area contributed by atoms with Gasteiger partial charge in [-0.2, -0.15) is 10.4 Å². The Morgan fingerprint density at radius 2 is 2.22 bits per heavy atom. The summed E-state index contributed by atoms with van der Waals surface area (Å²) in [6, 6.07) is 7.57. The lowest BCUT2D eigenvalue weighted by Crippen LogP contribution is -2.02. The van der Waals surface area contributed by atoms with E-state index in [2.05, 4.69) is 23.1 Å². The normalized spacial score (nSPS) is 10.7. The molecule has 0 amide bonds. The van der Waals surface area contributed by atoms with Crippen LogP contribution in [0.25, 0.3) is 22.6 Å². The van der Waals surface area contributed by atoms with Crippen LogP contribution in [0.15, 0.2) is 35.1 Å². The highest BCUT2D eigenvalue weighted by Crippen LogP contribution is 2.33. The number of anilines is 1. The van der Waals surface area contributed by atoms with Crippen LogP contribution in [-0.4, -0.2) is 14.8 Å². The zero-order valence-corrected chi connectivity index (χ0v) is 13.1. The minimum Gasteiger partial charge on any atom is -0.463 e. The third-order valence-electron chi connectivity index (χ3n) is 3.76. The van der Waals surface area contributed by atoms with Gasteiger partial charge >= 0.3 is 0 Å². The molecule has 116 valence electrons. The molecule has 0 aliphatic carbocycles. The van der Waals surface area contributed by atoms with Crippen molar-refractivity contribution in [2.75, 3.05) is 5.73 Å². The number of nitrogen functional groups attached to an aromatic ring is 1. The van der Waals surface area contributed by atoms with Gasteiger partial charge in [-0.25, -0.2) is 4.98 Å². The molecule has 0 radical (unpaired) electrons. The maximum absolute atomic E-state index is 9.46. The van der Waals surface area contributed by atoms with Gasteiger partial charge in [0.05, 0.1) is 12.5 Å². The van der Waals surface area contributed by atoms with Gasteiger partial charge in [-0.15, -0.1) is 0 Å². The zero-order chi connectivity index (χ0) is 16.4. The molecule has 0 atom stereocenters. The molecule has 6 nitrogen and oxygen atoms in total. The highest BCUT2D eigenvalue weighted by Gasteiger charge is 2.18. The number of aromatic nitrogens is 3. The molecule has 2 N–H and O–H groups in total. The van der Waals surface area contributed by atoms with Gasteiger partial charge in [0, 0.05) is 23.4 Å². The summed E-state index contributed by atoms with van der Waals surface area (Å²) >= 11 is 0. The molecule has 0 aliphatic rings. The van der Waals surface area contributed by atoms with Crippen molar-refractivity contribution in [3.8, 4) is 28.7 Å². The third kappa shape index (κ3) is 2.57. The molecule has 23 heavy (non-hydrogen) atoms. The Bertz CT molecular complexity index is 871. The topological polar surface area (TPSA) is 93.7 Å². The highest BCUT2D eigenvalue weighted by atomic mass is 16.3. The van der Waals surface area contributed by atoms with E-state index in [1.807, 2.05) is 23.7 Å². The van der Waals surface area contributed by atoms with Crippen molar-refractivity contribution < 1.29 is 4.42 Å². The second kappa shape index (κ2) is 5.97. The first kappa shape index (κ1) is 14.9. The van der Waals surface area contributed by atoms with Crippen molar-refractivity contribution in [1.82, 2.24) is 14.8 Å². The first-order valence-electron chi connectivity index (χ1n) is 7.43. The molecule has 0 bridgehead atoms. The van der Waals surface area contributed by atoms with Gasteiger partial charge in [-0.05, 0) is 31.5 Å². The Morgan fingerprint density at radius 1 is 1.39 bits per heavy atom. The molecule has 0 aromatic carbocycles. The van der Waals surface area contributed by atoms with Crippen molar-refractivity contribution in [3.05, 3.63) is 41.9 Å². The molecule has 3 rings (SSSR count). The predicted octanol–water partition coefficient (Wildman–Crippen LogP) is 3.38. The molecule has 0 spiro atoms. The summed E-state index contributed by atoms with van der Waals surface area (Å²) in [6.07, 6.45) is 4.34. The van der Waals surface area contributed by atoms with E-state index in [4.69, 9.17) is 10.2 Å². The quantitative estimate of drug-likeness (QED) is 0.797. The van der Waals surface area contributed by atoms with Gasteiger partial charge < -0.3 is 10.2 Å². The van der Waals surface area contributed by atoms with E-state index < -0.39 is 0 Å². The number of pyridine rings is 1. The van der Waals surface area contributed by atoms with Crippen molar-refractivity contribution in [1.29, 1.82) is 5.26 Å². The van der Waals surface area contributed by atoms with Gasteiger partial charge in [0.25, 0.3) is 0 Å². The lowest BCUT2D eigenvalue weighted by atomic mass is 10.0. The summed E-state index contributed by atoms with van der Waals surface area (Å²) in [5.74, 6) is 0.806. The molecule has 3 aromatic heterocycles. The fraction of sp³-hybridized carbons (Fsp3) is 0.235. The predicted molar refractivity (Wildman–Crippen MR) is 87.3 cm³/mol. The first-order chi connectivity index (χ1) is 11.2. The summed E-state index contributed by atoms with van der Waals surface area (Å²) in [7, 11) is 0. The van der Waals surface area contributed by atoms with E-state index in [-0.39, 0.29) is 5.82 Å². The minimum absolute atomic E-state index is 0.194. The average Bonchev–Trinajstić information content (AvgIpc) is 3.18. The monoisotopic (exact) mass is 307 g/mol. The SMILES string of the molecule is CCCn1ncc(-c2cc(-c3ccco3)nc(N)c2C#N)c1C. The lowest BCUT2D eigenvalue weighted by molar-refractivity contribution is 0.580. The van der Waals surface area contributed by atoms with Gasteiger partial charge in [-0.3, -0.25) is 4.68 Å². The van der Waals surface area contributed by atoms with E-state index in [1.165, 1.54) is 0 Å². The van der Waals surface area contributed by atoms with Crippen LogP contribution in [0.5, 0.6) is 0 Å². The zero-order valence-electron chi connectivity index (χ0n) is 13.1. The average molecular weight is 307 g/mol. The van der Waals surface area contributed by atoms with Gasteiger partial charge in [0.15, 0.2) is 5.76 Å². The Kier molecular flexibility index (Phi) is 3.85. The molecule has 3 aromatic rings. The Balaban J connectivity index is 2.20. The van der Waals surface area contributed by atoms with E-state index in [0.717, 1.165) is 29.8 Å². The van der Waals surface area contributed by atoms with Crippen molar-refractivity contribution in [2.24, 2.45) is 0 Å². The molecule has 0 aliphatic heterocycles. The molecular formula is C17H17N5O. The Hall–Kier alpha value is -3.07. The maximum atomic E-state index is 9.46. The summed E-state index contributed by atoms with van der Waals surface area (Å²) in [5, 5.41) is 13.9. The van der Waals surface area contributed by atoms with Gasteiger partial charge in [0.2, 0.25) is 0 Å². The fourth-order valence-corrected chi connectivity index (χ4v) is 2.59. The maximum Gasteiger partial charge on any atom is 0.152 e. The second-order valence-corrected chi connectivity index (χ2v) is 5.27. The standard InChI is InChI=1S/C17H17N5O/c1-3-6-22-11(2)14(10-20-22)12-8-15(16-5-4-7-23-16)21-17(19)13(12)9-18/h4-5,7-8,10H,3,6H2,1-2H3,(H2,19,21). The van der Waals surface area contributed by atoms with E-state index in [9.17, 15) is 5.26 Å². The van der Waals surface area contributed by atoms with Gasteiger partial charge in [0.1, 0.15) is 23.1 Å². The number of furan rings is 1. The second-order valence-electron chi connectivity index (χ2n) is 5.27. The largest absolute Gasteiger partial charge is 0.463 e. The minimum atomic E-state index is 0.194. The van der Waals surface area contributed by atoms with Crippen molar-refractivity contribution >= 4 is 5.82 Å². The summed E-state index contributed by atoms with van der Waals surface area (Å²) in [4.78, 5) is 4.28. The summed E-state index contributed by atoms with van der Waals surface area (Å²) < 4.78 is 7.32. The van der Waals surface area contributed by atoms with Crippen molar-refractivity contribution in [2.45, 2.75) is 26.8 Å². The Morgan fingerprint density at radius 3 is 2.87 bits per heavy atom. The number of rotatable bonds is 4. The number of aryl methyl sites for hydroxylation is 1. The number of nitrogens with zero attached hydrogens (tertiary/aromatic N) is 4. The van der Waals surface area contributed by atoms with E-state index in [1.54, 1.807) is 18.5 Å². The molecule has 6 heteroatoms. The fourth-order valence-electron chi connectivity index (χ4n) is 2.59. The van der Waals surface area contributed by atoms with E-state index in [0.29, 0.717) is 17.0 Å². The third-order valence-corrected chi connectivity index (χ3v) is 3.76. The molecular weight excluding hydrogens is 290 g/mol. The van der Waals surface area contributed by atoms with Crippen LogP contribution in [0.4, 0.5) is 5.82 Å². The lowest BCUT2D eigenvalue weighted by Gasteiger charge is -2.09. The number of hydrogen-bond donors (Lipinski definition) is 1. The van der Waals surface area contributed by atoms with Crippen LogP contribution in [0.1, 0.15) is 24.6 Å². The molecule has 3 heterocycles. The molecule has 0 unspecified atom stereocenters. The number of hydrogen-bond acceptors (Lipinski definition) is 5.